The van der Waals surface area contributed by atoms with Crippen molar-refractivity contribution < 1.29 is 14.3 Å². The van der Waals surface area contributed by atoms with Crippen molar-refractivity contribution in [1.29, 1.82) is 0 Å². The molecule has 0 bridgehead atoms. The Balaban J connectivity index is 2.62. The van der Waals surface area contributed by atoms with Gasteiger partial charge in [-0.05, 0) is 6.92 Å². The van der Waals surface area contributed by atoms with Gasteiger partial charge in [-0.1, -0.05) is 0 Å². The topological polar surface area (TPSA) is 63.3 Å². The molecule has 66 valence electrons. The van der Waals surface area contributed by atoms with E-state index in [9.17, 15) is 4.79 Å². The van der Waals surface area contributed by atoms with Gasteiger partial charge in [0, 0.05) is 13.3 Å². The highest BCUT2D eigenvalue weighted by Gasteiger charge is 2.07. The van der Waals surface area contributed by atoms with Crippen molar-refractivity contribution >= 4 is 5.97 Å². The van der Waals surface area contributed by atoms with E-state index in [1.54, 1.807) is 13.8 Å². The number of hydrogen-bond acceptors (Lipinski definition) is 3. The maximum atomic E-state index is 10.2. The fourth-order valence-electron chi connectivity index (χ4n) is 1.03. The molecule has 0 amide bonds. The number of rotatable bonds is 3. The second-order valence-corrected chi connectivity index (χ2v) is 2.63. The number of carboxylic acids is 1. The number of aromatic nitrogens is 1. The second-order valence-electron chi connectivity index (χ2n) is 2.63. The molecule has 1 heterocycles. The van der Waals surface area contributed by atoms with Crippen LogP contribution >= 0.6 is 0 Å². The van der Waals surface area contributed by atoms with Gasteiger partial charge < -0.3 is 9.52 Å². The number of carbonyl (C=O) groups is 1. The molecule has 4 nitrogen and oxygen atoms in total. The number of aliphatic carboxylic acids is 1. The third-order valence-corrected chi connectivity index (χ3v) is 1.58. The first-order valence-electron chi connectivity index (χ1n) is 3.74. The Bertz CT molecular complexity index is 290. The fraction of sp³-hybridized carbons (Fsp3) is 0.500. The normalized spacial score (nSPS) is 10.2. The summed E-state index contributed by atoms with van der Waals surface area (Å²) in [7, 11) is 0. The Kier molecular flexibility index (Phi) is 2.47. The molecular formula is C8H11NO3. The van der Waals surface area contributed by atoms with Gasteiger partial charge >= 0.3 is 5.97 Å². The van der Waals surface area contributed by atoms with E-state index in [2.05, 4.69) is 4.98 Å². The summed E-state index contributed by atoms with van der Waals surface area (Å²) in [5, 5.41) is 8.41. The van der Waals surface area contributed by atoms with Crippen LogP contribution in [0.2, 0.25) is 0 Å². The minimum Gasteiger partial charge on any atom is -0.481 e. The first-order valence-corrected chi connectivity index (χ1v) is 3.74. The Morgan fingerprint density at radius 1 is 1.58 bits per heavy atom. The molecular weight excluding hydrogens is 158 g/mol. The van der Waals surface area contributed by atoms with Gasteiger partial charge in [0.15, 0.2) is 5.89 Å². The number of nitrogens with zero attached hydrogens (tertiary/aromatic N) is 1. The van der Waals surface area contributed by atoms with Crippen LogP contribution in [0, 0.1) is 13.8 Å². The largest absolute Gasteiger partial charge is 0.481 e. The third-order valence-electron chi connectivity index (χ3n) is 1.58. The Morgan fingerprint density at radius 3 is 2.67 bits per heavy atom. The van der Waals surface area contributed by atoms with Crippen molar-refractivity contribution in [3.8, 4) is 0 Å². The van der Waals surface area contributed by atoms with Crippen LogP contribution in [0.1, 0.15) is 23.8 Å². The van der Waals surface area contributed by atoms with Crippen LogP contribution in [0.25, 0.3) is 0 Å². The molecule has 0 unspecified atom stereocenters. The minimum atomic E-state index is -0.810. The van der Waals surface area contributed by atoms with Crippen LogP contribution in [-0.2, 0) is 11.2 Å². The van der Waals surface area contributed by atoms with Gasteiger partial charge in [0.1, 0.15) is 5.76 Å². The lowest BCUT2D eigenvalue weighted by Crippen LogP contribution is -1.98. The van der Waals surface area contributed by atoms with Crippen LogP contribution in [0.15, 0.2) is 4.42 Å². The highest BCUT2D eigenvalue weighted by atomic mass is 16.4. The monoisotopic (exact) mass is 169 g/mol. The predicted molar refractivity (Wildman–Crippen MR) is 41.9 cm³/mol. The van der Waals surface area contributed by atoms with Gasteiger partial charge in [-0.15, -0.1) is 0 Å². The van der Waals surface area contributed by atoms with E-state index < -0.39 is 5.97 Å². The van der Waals surface area contributed by atoms with Gasteiger partial charge in [0.25, 0.3) is 0 Å². The molecule has 1 aromatic rings. The molecule has 0 aliphatic rings. The Labute approximate surface area is 70.2 Å². The molecule has 0 aromatic carbocycles. The summed E-state index contributed by atoms with van der Waals surface area (Å²) in [5.74, 6) is 0.497. The lowest BCUT2D eigenvalue weighted by atomic mass is 10.2. The number of aryl methyl sites for hydroxylation is 3. The summed E-state index contributed by atoms with van der Waals surface area (Å²) < 4.78 is 5.14. The fourth-order valence-corrected chi connectivity index (χ4v) is 1.03. The number of oxazole rings is 1. The van der Waals surface area contributed by atoms with E-state index in [1.807, 2.05) is 0 Å². The highest BCUT2D eigenvalue weighted by Crippen LogP contribution is 2.10. The molecule has 0 spiro atoms. The summed E-state index contributed by atoms with van der Waals surface area (Å²) in [6.45, 7) is 3.54. The van der Waals surface area contributed by atoms with E-state index in [-0.39, 0.29) is 6.42 Å². The summed E-state index contributed by atoms with van der Waals surface area (Å²) in [4.78, 5) is 14.3. The van der Waals surface area contributed by atoms with Crippen molar-refractivity contribution in [2.75, 3.05) is 0 Å². The van der Waals surface area contributed by atoms with E-state index >= 15 is 0 Å². The second kappa shape index (κ2) is 3.38. The van der Waals surface area contributed by atoms with Crippen molar-refractivity contribution in [3.05, 3.63) is 17.3 Å². The van der Waals surface area contributed by atoms with Gasteiger partial charge in [0.2, 0.25) is 0 Å². The maximum Gasteiger partial charge on any atom is 0.303 e. The third kappa shape index (κ3) is 2.08. The molecule has 0 atom stereocenters. The van der Waals surface area contributed by atoms with Gasteiger partial charge in [-0.25, -0.2) is 4.98 Å². The Morgan fingerprint density at radius 2 is 2.25 bits per heavy atom. The van der Waals surface area contributed by atoms with Crippen molar-refractivity contribution in [2.24, 2.45) is 0 Å². The van der Waals surface area contributed by atoms with E-state index in [4.69, 9.17) is 9.52 Å². The number of hydrogen-bond donors (Lipinski definition) is 1. The molecule has 1 N–H and O–H groups in total. The van der Waals surface area contributed by atoms with Gasteiger partial charge in [-0.3, -0.25) is 4.79 Å². The first kappa shape index (κ1) is 8.77. The average Bonchev–Trinajstić information content (AvgIpc) is 2.26. The lowest BCUT2D eigenvalue weighted by Gasteiger charge is -1.91. The van der Waals surface area contributed by atoms with Crippen LogP contribution < -0.4 is 0 Å². The van der Waals surface area contributed by atoms with Crippen molar-refractivity contribution in [1.82, 2.24) is 4.98 Å². The Hall–Kier alpha value is -1.32. The molecule has 1 aromatic heterocycles. The van der Waals surface area contributed by atoms with Crippen LogP contribution in [-0.4, -0.2) is 16.1 Å². The average molecular weight is 169 g/mol. The molecule has 0 saturated heterocycles. The molecule has 4 heteroatoms. The SMILES string of the molecule is Cc1nc(CCC(=O)O)c(C)o1. The molecule has 0 saturated carbocycles. The standard InChI is InChI=1S/C8H11NO3/c1-5-7(3-4-8(10)11)9-6(2)12-5/h3-4H2,1-2H3,(H,10,11). The molecule has 0 aliphatic carbocycles. The first-order chi connectivity index (χ1) is 5.59. The quantitative estimate of drug-likeness (QED) is 0.740. The molecule has 1 rings (SSSR count). The van der Waals surface area contributed by atoms with Crippen LogP contribution in [0.5, 0.6) is 0 Å². The smallest absolute Gasteiger partial charge is 0.303 e. The molecule has 12 heavy (non-hydrogen) atoms. The highest BCUT2D eigenvalue weighted by molar-refractivity contribution is 5.66. The van der Waals surface area contributed by atoms with Crippen LogP contribution in [0.4, 0.5) is 0 Å². The lowest BCUT2D eigenvalue weighted by molar-refractivity contribution is -0.136. The molecule has 0 aliphatic heterocycles. The van der Waals surface area contributed by atoms with Crippen molar-refractivity contribution in [2.45, 2.75) is 26.7 Å². The zero-order valence-corrected chi connectivity index (χ0v) is 7.13. The zero-order valence-electron chi connectivity index (χ0n) is 7.13. The zero-order chi connectivity index (χ0) is 9.14. The van der Waals surface area contributed by atoms with E-state index in [0.29, 0.717) is 18.1 Å². The summed E-state index contributed by atoms with van der Waals surface area (Å²) in [5.41, 5.74) is 0.745. The number of carboxylic acid groups (broad SMARTS) is 1. The summed E-state index contributed by atoms with van der Waals surface area (Å²) in [6, 6.07) is 0. The summed E-state index contributed by atoms with van der Waals surface area (Å²) in [6.07, 6.45) is 0.547. The van der Waals surface area contributed by atoms with Crippen LogP contribution in [0.3, 0.4) is 0 Å². The van der Waals surface area contributed by atoms with Crippen molar-refractivity contribution in [3.63, 3.8) is 0 Å². The van der Waals surface area contributed by atoms with Gasteiger partial charge in [-0.2, -0.15) is 0 Å². The summed E-state index contributed by atoms with van der Waals surface area (Å²) >= 11 is 0. The molecule has 0 fully saturated rings. The van der Waals surface area contributed by atoms with E-state index in [1.165, 1.54) is 0 Å². The minimum absolute atomic E-state index is 0.104. The van der Waals surface area contributed by atoms with Gasteiger partial charge in [0.05, 0.1) is 12.1 Å². The predicted octanol–water partition coefficient (Wildman–Crippen LogP) is 1.31. The maximum absolute atomic E-state index is 10.2. The molecule has 0 radical (unpaired) electrons. The van der Waals surface area contributed by atoms with E-state index in [0.717, 1.165) is 5.69 Å².